The van der Waals surface area contributed by atoms with E-state index in [4.69, 9.17) is 0 Å². The van der Waals surface area contributed by atoms with E-state index in [9.17, 15) is 23.8 Å². The van der Waals surface area contributed by atoms with Gasteiger partial charge in [-0.05, 0) is 42.2 Å². The van der Waals surface area contributed by atoms with E-state index in [-0.39, 0.29) is 11.6 Å². The summed E-state index contributed by atoms with van der Waals surface area (Å²) in [5.41, 5.74) is 0.257. The third-order valence-electron chi connectivity index (χ3n) is 6.10. The number of anilines is 1. The van der Waals surface area contributed by atoms with Crippen molar-refractivity contribution in [2.75, 3.05) is 11.5 Å². The molecule has 1 spiro atoms. The van der Waals surface area contributed by atoms with E-state index < -0.39 is 35.8 Å². The van der Waals surface area contributed by atoms with Crippen molar-refractivity contribution in [1.29, 1.82) is 0 Å². The summed E-state index contributed by atoms with van der Waals surface area (Å²) in [5.74, 6) is -1.37. The first-order chi connectivity index (χ1) is 13.5. The molecule has 0 saturated heterocycles. The number of halogens is 2. The van der Waals surface area contributed by atoms with Gasteiger partial charge in [-0.25, -0.2) is 8.78 Å². The lowest BCUT2D eigenvalue weighted by Crippen LogP contribution is -2.47. The molecule has 2 aliphatic rings. The number of carbonyl (C=O) groups is 1. The van der Waals surface area contributed by atoms with Crippen LogP contribution in [0.3, 0.4) is 0 Å². The van der Waals surface area contributed by atoms with Crippen LogP contribution in [0.5, 0.6) is 0 Å². The molecule has 1 heterocycles. The topological polar surface area (TPSA) is 60.8 Å². The van der Waals surface area contributed by atoms with E-state index in [1.54, 1.807) is 18.2 Å². The number of fused-ring (bicyclic) bond motifs is 2. The minimum atomic E-state index is -1.38. The van der Waals surface area contributed by atoms with Crippen molar-refractivity contribution in [3.63, 3.8) is 0 Å². The Hall–Kier alpha value is -2.31. The van der Waals surface area contributed by atoms with Crippen molar-refractivity contribution in [3.05, 3.63) is 65.2 Å². The van der Waals surface area contributed by atoms with Gasteiger partial charge < -0.3 is 10.2 Å². The summed E-state index contributed by atoms with van der Waals surface area (Å²) in [7, 11) is 0. The van der Waals surface area contributed by atoms with Crippen LogP contribution in [-0.4, -0.2) is 28.8 Å². The zero-order valence-electron chi connectivity index (χ0n) is 15.4. The highest BCUT2D eigenvalue weighted by Crippen LogP contribution is 2.53. The van der Waals surface area contributed by atoms with Crippen molar-refractivity contribution >= 4 is 11.6 Å². The number of hydrogen-bond donors (Lipinski definition) is 2. The van der Waals surface area contributed by atoms with E-state index in [0.717, 1.165) is 19.3 Å². The molecule has 2 unspecified atom stereocenters. The lowest BCUT2D eigenvalue weighted by Gasteiger charge is -2.36. The molecule has 1 saturated carbocycles. The van der Waals surface area contributed by atoms with Gasteiger partial charge in [-0.1, -0.05) is 43.5 Å². The quantitative estimate of drug-likeness (QED) is 0.843. The Morgan fingerprint density at radius 2 is 1.79 bits per heavy atom. The fourth-order valence-electron chi connectivity index (χ4n) is 4.83. The summed E-state index contributed by atoms with van der Waals surface area (Å²) in [6.45, 7) is -0.637. The number of rotatable bonds is 4. The maximum absolute atomic E-state index is 15.0. The molecule has 0 aromatic heterocycles. The number of carbonyl (C=O) groups excluding carboxylic acids is 1. The minimum absolute atomic E-state index is 0.135. The molecular weight excluding hydrogens is 364 g/mol. The van der Waals surface area contributed by atoms with Gasteiger partial charge in [0.15, 0.2) is 0 Å². The molecule has 4 rings (SSSR count). The zero-order valence-corrected chi connectivity index (χ0v) is 15.4. The molecule has 2 atom stereocenters. The molecule has 1 aliphatic carbocycles. The molecule has 2 aromatic carbocycles. The SMILES string of the molecule is O=C1N(C(c2cccc(F)c2)C(O)CO)c2c(F)cccc2C12CCCCC2. The van der Waals surface area contributed by atoms with Crippen LogP contribution >= 0.6 is 0 Å². The van der Waals surface area contributed by atoms with Gasteiger partial charge in [0.25, 0.3) is 0 Å². The van der Waals surface area contributed by atoms with Crippen LogP contribution in [0.1, 0.15) is 49.3 Å². The smallest absolute Gasteiger partial charge is 0.238 e. The molecule has 4 nitrogen and oxygen atoms in total. The third kappa shape index (κ3) is 2.83. The molecule has 28 heavy (non-hydrogen) atoms. The first-order valence-corrected chi connectivity index (χ1v) is 9.66. The number of aliphatic hydroxyl groups excluding tert-OH is 2. The van der Waals surface area contributed by atoms with Crippen LogP contribution in [0.2, 0.25) is 0 Å². The Morgan fingerprint density at radius 1 is 1.07 bits per heavy atom. The Morgan fingerprint density at radius 3 is 2.46 bits per heavy atom. The third-order valence-corrected chi connectivity index (χ3v) is 6.10. The highest BCUT2D eigenvalue weighted by Gasteiger charge is 2.54. The molecule has 2 N–H and O–H groups in total. The van der Waals surface area contributed by atoms with Crippen LogP contribution < -0.4 is 4.90 Å². The van der Waals surface area contributed by atoms with Gasteiger partial charge in [0, 0.05) is 0 Å². The van der Waals surface area contributed by atoms with E-state index in [2.05, 4.69) is 0 Å². The molecule has 1 aliphatic heterocycles. The highest BCUT2D eigenvalue weighted by molar-refractivity contribution is 6.09. The number of hydrogen-bond acceptors (Lipinski definition) is 3. The number of amides is 1. The monoisotopic (exact) mass is 387 g/mol. The lowest BCUT2D eigenvalue weighted by atomic mass is 9.70. The first kappa shape index (κ1) is 19.0. The largest absolute Gasteiger partial charge is 0.394 e. The average molecular weight is 387 g/mol. The van der Waals surface area contributed by atoms with Gasteiger partial charge in [-0.2, -0.15) is 0 Å². The van der Waals surface area contributed by atoms with Gasteiger partial charge in [0.1, 0.15) is 17.7 Å². The average Bonchev–Trinajstić information content (AvgIpc) is 2.93. The van der Waals surface area contributed by atoms with Gasteiger partial charge in [0.2, 0.25) is 5.91 Å². The summed E-state index contributed by atoms with van der Waals surface area (Å²) >= 11 is 0. The predicted molar refractivity (Wildman–Crippen MR) is 101 cm³/mol. The summed E-state index contributed by atoms with van der Waals surface area (Å²) < 4.78 is 28.8. The lowest BCUT2D eigenvalue weighted by molar-refractivity contribution is -0.125. The zero-order chi connectivity index (χ0) is 19.9. The summed E-state index contributed by atoms with van der Waals surface area (Å²) in [5, 5.41) is 20.2. The minimum Gasteiger partial charge on any atom is -0.394 e. The first-order valence-electron chi connectivity index (χ1n) is 9.66. The Balaban J connectivity index is 1.91. The van der Waals surface area contributed by atoms with Crippen molar-refractivity contribution in [2.45, 2.75) is 49.7 Å². The van der Waals surface area contributed by atoms with E-state index in [1.165, 1.54) is 29.2 Å². The molecule has 2 aromatic rings. The predicted octanol–water partition coefficient (Wildman–Crippen LogP) is 3.61. The van der Waals surface area contributed by atoms with Crippen molar-refractivity contribution < 1.29 is 23.8 Å². The maximum atomic E-state index is 15.0. The molecule has 148 valence electrons. The molecule has 6 heteroatoms. The number of para-hydroxylation sites is 1. The Kier molecular flexibility index (Phi) is 4.93. The van der Waals surface area contributed by atoms with Gasteiger partial charge >= 0.3 is 0 Å². The van der Waals surface area contributed by atoms with Gasteiger partial charge in [-0.3, -0.25) is 9.69 Å². The Bertz CT molecular complexity index is 895. The number of nitrogens with zero attached hydrogens (tertiary/aromatic N) is 1. The second kappa shape index (κ2) is 7.26. The van der Waals surface area contributed by atoms with Crippen molar-refractivity contribution in [2.24, 2.45) is 0 Å². The molecule has 1 fully saturated rings. The normalized spacial score (nSPS) is 20.3. The van der Waals surface area contributed by atoms with Crippen molar-refractivity contribution in [1.82, 2.24) is 0 Å². The van der Waals surface area contributed by atoms with Crippen LogP contribution in [-0.2, 0) is 10.2 Å². The molecule has 0 radical (unpaired) electrons. The second-order valence-corrected chi connectivity index (χ2v) is 7.70. The maximum Gasteiger partial charge on any atom is 0.238 e. The molecule has 1 amide bonds. The fourth-order valence-corrected chi connectivity index (χ4v) is 4.83. The van der Waals surface area contributed by atoms with E-state index in [1.807, 2.05) is 0 Å². The fraction of sp³-hybridized carbons (Fsp3) is 0.409. The summed E-state index contributed by atoms with van der Waals surface area (Å²) in [4.78, 5) is 14.9. The Labute approximate surface area is 162 Å². The van der Waals surface area contributed by atoms with Crippen LogP contribution in [0, 0.1) is 11.6 Å². The van der Waals surface area contributed by atoms with Crippen LogP contribution in [0.15, 0.2) is 42.5 Å². The summed E-state index contributed by atoms with van der Waals surface area (Å²) in [6.07, 6.45) is 2.60. The standard InChI is InChI=1S/C22H23F2NO3/c23-15-7-4-6-14(12-15)19(18(27)13-26)25-20-16(8-5-9-17(20)24)22(21(25)28)10-2-1-3-11-22/h4-9,12,18-19,26-27H,1-3,10-11,13H2. The molecular formula is C22H23F2NO3. The second-order valence-electron chi connectivity index (χ2n) is 7.70. The van der Waals surface area contributed by atoms with Crippen molar-refractivity contribution in [3.8, 4) is 0 Å². The van der Waals surface area contributed by atoms with Crippen LogP contribution in [0.4, 0.5) is 14.5 Å². The van der Waals surface area contributed by atoms with Crippen LogP contribution in [0.25, 0.3) is 0 Å². The highest BCUT2D eigenvalue weighted by atomic mass is 19.1. The molecule has 0 bridgehead atoms. The summed E-state index contributed by atoms with van der Waals surface area (Å²) in [6, 6.07) is 9.10. The van der Waals surface area contributed by atoms with E-state index >= 15 is 0 Å². The number of aliphatic hydroxyl groups is 2. The van der Waals surface area contributed by atoms with E-state index in [0.29, 0.717) is 24.0 Å². The van der Waals surface area contributed by atoms with Gasteiger partial charge in [0.05, 0.1) is 23.8 Å². The van der Waals surface area contributed by atoms with Gasteiger partial charge in [-0.15, -0.1) is 0 Å². The number of benzene rings is 2.